The molecule has 0 saturated heterocycles. The van der Waals surface area contributed by atoms with Gasteiger partial charge in [0.05, 0.1) is 19.3 Å². The highest BCUT2D eigenvalue weighted by Crippen LogP contribution is 2.32. The first kappa shape index (κ1) is 17.7. The Morgan fingerprint density at radius 2 is 2.08 bits per heavy atom. The fraction of sp³-hybridized carbons (Fsp3) is 0.619. The molecule has 0 fully saturated rings. The van der Waals surface area contributed by atoms with Crippen molar-refractivity contribution in [3.8, 4) is 0 Å². The van der Waals surface area contributed by atoms with Gasteiger partial charge >= 0.3 is 0 Å². The van der Waals surface area contributed by atoms with Gasteiger partial charge in [-0.05, 0) is 56.1 Å². The second-order valence-corrected chi connectivity index (χ2v) is 7.24. The molecular formula is C21H32NO2+. The molecule has 0 saturated carbocycles. The Hall–Kier alpha value is -1.16. The standard InChI is InChI=1S/C21H31NO2/c23-19(15-22-14-13-17-7-2-1-3-8-17)16-24-21-12-6-10-18-9-4-5-11-20(18)21/h4-5,7,9,11,19,21-23H,1-3,6,8,10,12-16H2/p+1/t19-,21+/m1/s1. The first-order valence-electron chi connectivity index (χ1n) is 9.70. The van der Waals surface area contributed by atoms with Crippen molar-refractivity contribution < 1.29 is 15.2 Å². The van der Waals surface area contributed by atoms with Crippen LogP contribution in [-0.2, 0) is 11.2 Å². The summed E-state index contributed by atoms with van der Waals surface area (Å²) in [5, 5.41) is 12.4. The van der Waals surface area contributed by atoms with Crippen LogP contribution >= 0.6 is 0 Å². The van der Waals surface area contributed by atoms with E-state index in [2.05, 4.69) is 35.7 Å². The summed E-state index contributed by atoms with van der Waals surface area (Å²) in [5.41, 5.74) is 4.35. The Bertz CT molecular complexity index is 540. The Morgan fingerprint density at radius 3 is 2.96 bits per heavy atom. The highest BCUT2D eigenvalue weighted by atomic mass is 16.5. The lowest BCUT2D eigenvalue weighted by Crippen LogP contribution is -2.86. The van der Waals surface area contributed by atoms with Crippen LogP contribution in [0.15, 0.2) is 35.9 Å². The van der Waals surface area contributed by atoms with Crippen molar-refractivity contribution in [2.45, 2.75) is 63.6 Å². The number of aliphatic hydroxyl groups excluding tert-OH is 1. The second kappa shape index (κ2) is 9.36. The maximum absolute atomic E-state index is 10.2. The normalized spacial score (nSPS) is 21.9. The van der Waals surface area contributed by atoms with Gasteiger partial charge in [-0.15, -0.1) is 0 Å². The lowest BCUT2D eigenvalue weighted by Gasteiger charge is -2.26. The van der Waals surface area contributed by atoms with E-state index in [1.807, 2.05) is 0 Å². The third-order valence-electron chi connectivity index (χ3n) is 5.30. The molecule has 3 N–H and O–H groups in total. The van der Waals surface area contributed by atoms with Crippen molar-refractivity contribution in [1.82, 2.24) is 0 Å². The van der Waals surface area contributed by atoms with Crippen molar-refractivity contribution in [3.05, 3.63) is 47.0 Å². The molecule has 0 unspecified atom stereocenters. The molecule has 0 amide bonds. The number of allylic oxidation sites excluding steroid dienone is 1. The highest BCUT2D eigenvalue weighted by molar-refractivity contribution is 5.31. The predicted molar refractivity (Wildman–Crippen MR) is 96.9 cm³/mol. The molecule has 3 rings (SSSR count). The number of aryl methyl sites for hydroxylation is 1. The Kier molecular flexibility index (Phi) is 6.88. The molecule has 1 aromatic rings. The molecule has 2 atom stereocenters. The molecule has 3 nitrogen and oxygen atoms in total. The topological polar surface area (TPSA) is 46.1 Å². The van der Waals surface area contributed by atoms with Crippen molar-refractivity contribution in [1.29, 1.82) is 0 Å². The lowest BCUT2D eigenvalue weighted by atomic mass is 9.89. The van der Waals surface area contributed by atoms with Crippen LogP contribution in [0.1, 0.15) is 62.2 Å². The van der Waals surface area contributed by atoms with Crippen LogP contribution in [0, 0.1) is 0 Å². The average molecular weight is 330 g/mol. The largest absolute Gasteiger partial charge is 0.385 e. The molecule has 1 aromatic carbocycles. The van der Waals surface area contributed by atoms with Gasteiger partial charge in [-0.1, -0.05) is 35.9 Å². The van der Waals surface area contributed by atoms with Gasteiger partial charge in [0.15, 0.2) is 0 Å². The maximum Gasteiger partial charge on any atom is 0.126 e. The smallest absolute Gasteiger partial charge is 0.126 e. The molecule has 0 radical (unpaired) electrons. The molecule has 2 aliphatic rings. The minimum absolute atomic E-state index is 0.164. The van der Waals surface area contributed by atoms with Crippen LogP contribution < -0.4 is 5.32 Å². The predicted octanol–water partition coefficient (Wildman–Crippen LogP) is 2.90. The van der Waals surface area contributed by atoms with Gasteiger partial charge in [0.2, 0.25) is 0 Å². The van der Waals surface area contributed by atoms with Crippen LogP contribution in [0.4, 0.5) is 0 Å². The zero-order valence-electron chi connectivity index (χ0n) is 14.8. The van der Waals surface area contributed by atoms with E-state index in [4.69, 9.17) is 4.74 Å². The lowest BCUT2D eigenvalue weighted by molar-refractivity contribution is -0.660. The number of benzene rings is 1. The van der Waals surface area contributed by atoms with Gasteiger partial charge in [0.25, 0.3) is 0 Å². The van der Waals surface area contributed by atoms with Crippen molar-refractivity contribution in [2.75, 3.05) is 19.7 Å². The third-order valence-corrected chi connectivity index (χ3v) is 5.30. The molecule has 0 spiro atoms. The van der Waals surface area contributed by atoms with Crippen LogP contribution in [0.5, 0.6) is 0 Å². The summed E-state index contributed by atoms with van der Waals surface area (Å²) in [4.78, 5) is 0. The number of ether oxygens (including phenoxy) is 1. The van der Waals surface area contributed by atoms with Crippen molar-refractivity contribution in [3.63, 3.8) is 0 Å². The summed E-state index contributed by atoms with van der Waals surface area (Å²) in [5.74, 6) is 0. The summed E-state index contributed by atoms with van der Waals surface area (Å²) in [6.45, 7) is 2.26. The summed E-state index contributed by atoms with van der Waals surface area (Å²) < 4.78 is 6.04. The van der Waals surface area contributed by atoms with Gasteiger partial charge in [-0.2, -0.15) is 0 Å². The van der Waals surface area contributed by atoms with E-state index in [1.54, 1.807) is 5.57 Å². The molecule has 0 aromatic heterocycles. The zero-order valence-corrected chi connectivity index (χ0v) is 14.8. The van der Waals surface area contributed by atoms with E-state index in [9.17, 15) is 5.11 Å². The summed E-state index contributed by atoms with van der Waals surface area (Å²) in [6, 6.07) is 8.57. The Morgan fingerprint density at radius 1 is 1.17 bits per heavy atom. The maximum atomic E-state index is 10.2. The quantitative estimate of drug-likeness (QED) is 0.569. The van der Waals surface area contributed by atoms with Crippen molar-refractivity contribution in [2.24, 2.45) is 0 Å². The molecule has 0 heterocycles. The fourth-order valence-corrected chi connectivity index (χ4v) is 3.91. The minimum Gasteiger partial charge on any atom is -0.385 e. The summed E-state index contributed by atoms with van der Waals surface area (Å²) in [7, 11) is 0. The number of hydrogen-bond donors (Lipinski definition) is 2. The van der Waals surface area contributed by atoms with E-state index in [1.165, 1.54) is 49.7 Å². The number of fused-ring (bicyclic) bond motifs is 1. The number of rotatable bonds is 8. The molecular weight excluding hydrogens is 298 g/mol. The Labute approximate surface area is 146 Å². The molecule has 0 bridgehead atoms. The zero-order chi connectivity index (χ0) is 16.6. The SMILES string of the molecule is O[C@H](C[NH2+]CCC1=CCCCC1)CO[C@H]1CCCc2ccccc21. The monoisotopic (exact) mass is 330 g/mol. The van der Waals surface area contributed by atoms with E-state index < -0.39 is 0 Å². The van der Waals surface area contributed by atoms with Crippen molar-refractivity contribution >= 4 is 0 Å². The van der Waals surface area contributed by atoms with Gasteiger partial charge in [0, 0.05) is 6.42 Å². The summed E-state index contributed by atoms with van der Waals surface area (Å²) >= 11 is 0. The average Bonchev–Trinajstić information content (AvgIpc) is 2.64. The van der Waals surface area contributed by atoms with Crippen LogP contribution in [0.25, 0.3) is 0 Å². The van der Waals surface area contributed by atoms with E-state index >= 15 is 0 Å². The molecule has 2 aliphatic carbocycles. The second-order valence-electron chi connectivity index (χ2n) is 7.24. The highest BCUT2D eigenvalue weighted by Gasteiger charge is 2.21. The van der Waals surface area contributed by atoms with Crippen LogP contribution in [0.3, 0.4) is 0 Å². The van der Waals surface area contributed by atoms with E-state index in [-0.39, 0.29) is 12.2 Å². The van der Waals surface area contributed by atoms with Gasteiger partial charge in [-0.3, -0.25) is 0 Å². The van der Waals surface area contributed by atoms with Crippen LogP contribution in [0.2, 0.25) is 0 Å². The molecule has 24 heavy (non-hydrogen) atoms. The number of nitrogens with two attached hydrogens (primary N) is 1. The number of aliphatic hydroxyl groups is 1. The minimum atomic E-state index is -0.376. The van der Waals surface area contributed by atoms with Gasteiger partial charge in [0.1, 0.15) is 12.6 Å². The number of hydrogen-bond acceptors (Lipinski definition) is 2. The first-order valence-corrected chi connectivity index (χ1v) is 9.70. The fourth-order valence-electron chi connectivity index (χ4n) is 3.91. The third kappa shape index (κ3) is 5.17. The summed E-state index contributed by atoms with van der Waals surface area (Å²) in [6.07, 6.45) is 12.0. The number of quaternary nitrogens is 1. The van der Waals surface area contributed by atoms with E-state index in [0.717, 1.165) is 25.9 Å². The van der Waals surface area contributed by atoms with E-state index in [0.29, 0.717) is 6.61 Å². The Balaban J connectivity index is 1.34. The molecule has 0 aliphatic heterocycles. The molecule has 132 valence electrons. The van der Waals surface area contributed by atoms with Gasteiger partial charge < -0.3 is 15.2 Å². The first-order chi connectivity index (χ1) is 11.8. The molecule has 3 heteroatoms. The van der Waals surface area contributed by atoms with Gasteiger partial charge in [-0.25, -0.2) is 0 Å². The van der Waals surface area contributed by atoms with Crippen LogP contribution in [-0.4, -0.2) is 30.9 Å².